The smallest absolute Gasteiger partial charge is 0.164 e. The zero-order valence-electron chi connectivity index (χ0n) is 58.1. The zero-order chi connectivity index (χ0) is 70.7. The summed E-state index contributed by atoms with van der Waals surface area (Å²) in [6, 6.07) is 130. The molecule has 10 nitrogen and oxygen atoms in total. The first-order valence-electron chi connectivity index (χ1n) is 36.7. The number of para-hydroxylation sites is 8. The summed E-state index contributed by atoms with van der Waals surface area (Å²) >= 11 is 0. The normalized spacial score (nSPS) is 12.1. The fraction of sp³-hybridized carbons (Fsp3) is 0. The van der Waals surface area contributed by atoms with Crippen LogP contribution in [0.2, 0.25) is 0 Å². The number of hydrogen-bond donors (Lipinski definition) is 0. The molecule has 502 valence electrons. The van der Waals surface area contributed by atoms with Crippen molar-refractivity contribution in [2.75, 3.05) is 0 Å². The molecule has 0 spiro atoms. The van der Waals surface area contributed by atoms with Crippen LogP contribution in [0.3, 0.4) is 0 Å². The second kappa shape index (κ2) is 23.4. The lowest BCUT2D eigenvalue weighted by atomic mass is 10.0. The largest absolute Gasteiger partial charge is 0.309 e. The highest BCUT2D eigenvalue weighted by molar-refractivity contribution is 6.18. The van der Waals surface area contributed by atoms with E-state index >= 15 is 0 Å². The molecule has 0 saturated heterocycles. The van der Waals surface area contributed by atoms with Crippen molar-refractivity contribution in [3.63, 3.8) is 0 Å². The molecule has 15 aromatic carbocycles. The second-order valence-electron chi connectivity index (χ2n) is 28.1. The van der Waals surface area contributed by atoms with Crippen molar-refractivity contribution in [2.45, 2.75) is 0 Å². The molecule has 8 aromatic heterocycles. The Labute approximate surface area is 618 Å². The topological polar surface area (TPSA) is 81.1 Å². The Hall–Kier alpha value is -14.7. The first-order chi connectivity index (χ1) is 53.6. The molecule has 0 bridgehead atoms. The third kappa shape index (κ3) is 8.89. The van der Waals surface area contributed by atoms with Crippen molar-refractivity contribution < 1.29 is 0 Å². The fourth-order valence-electron chi connectivity index (χ4n) is 17.6. The quantitative estimate of drug-likeness (QED) is 0.137. The summed E-state index contributed by atoms with van der Waals surface area (Å²) in [7, 11) is 0. The maximum Gasteiger partial charge on any atom is 0.164 e. The van der Waals surface area contributed by atoms with Crippen LogP contribution < -0.4 is 0 Å². The lowest BCUT2D eigenvalue weighted by molar-refractivity contribution is 1.03. The van der Waals surface area contributed by atoms with Crippen LogP contribution >= 0.6 is 0 Å². The van der Waals surface area contributed by atoms with Gasteiger partial charge in [0, 0.05) is 116 Å². The molecule has 10 heteroatoms. The minimum absolute atomic E-state index is 0.580. The van der Waals surface area contributed by atoms with Crippen molar-refractivity contribution in [3.8, 4) is 79.5 Å². The number of hydrogen-bond acceptors (Lipinski definition) is 4. The Morgan fingerprint density at radius 1 is 0.176 bits per heavy atom. The predicted molar refractivity (Wildman–Crippen MR) is 445 cm³/mol. The SMILES string of the molecule is c1ccc(-c2nc(-c3ccccc3)nc(-c3ccc(-c4ccnc(-n5c6ccc(-n7c8ccccc8c8ccccc87)cc6c6cc(-n7c8ccccc8c8ccccc87)ccc65)c4-n4c5ccc(-n6c7ccccc7c7ccccc76)cc5c5cc(-n6c7ccccc7c7ccccc76)ccc54)cc3)n2)cc1. The first kappa shape index (κ1) is 59.8. The molecule has 0 unspecified atom stereocenters. The van der Waals surface area contributed by atoms with E-state index in [1.165, 1.54) is 43.1 Å². The summed E-state index contributed by atoms with van der Waals surface area (Å²) in [4.78, 5) is 21.3. The maximum absolute atomic E-state index is 5.78. The standard InChI is InChI=1S/C98H60N10/c1-3-23-62(24-4-1)95-100-96(63-25-5-2-6-26-63)102-97(101-95)64-45-43-61(44-46-64)69-55-56-99-98(108-92-53-49-67(105-86-39-19-11-31-74(86)75-32-12-20-40-87(75)105)59-80(92)81-60-68(50-54-93(81)108)106-88-41-21-13-33-76(88)77-34-14-22-42-89(77)106)94(69)107-90-51-47-65(103-82-35-15-7-27-70(82)71-28-8-16-36-83(71)103)57-78(90)79-58-66(48-52-91(79)107)104-84-37-17-9-29-72(84)73-30-10-18-38-85(73)104/h1-60H. The van der Waals surface area contributed by atoms with E-state index in [-0.39, 0.29) is 0 Å². The second-order valence-corrected chi connectivity index (χ2v) is 28.1. The highest BCUT2D eigenvalue weighted by atomic mass is 15.1. The molecule has 0 atom stereocenters. The highest BCUT2D eigenvalue weighted by Crippen LogP contribution is 2.47. The van der Waals surface area contributed by atoms with Gasteiger partial charge in [-0.2, -0.15) is 0 Å². The molecule has 0 aliphatic heterocycles. The van der Waals surface area contributed by atoms with E-state index in [1.54, 1.807) is 0 Å². The minimum Gasteiger partial charge on any atom is -0.309 e. The Bertz CT molecular complexity index is 7060. The molecule has 23 aromatic rings. The van der Waals surface area contributed by atoms with Crippen molar-refractivity contribution in [3.05, 3.63) is 364 Å². The van der Waals surface area contributed by atoms with Crippen LogP contribution in [0.15, 0.2) is 364 Å². The molecule has 0 radical (unpaired) electrons. The Morgan fingerprint density at radius 2 is 0.417 bits per heavy atom. The number of benzene rings is 15. The van der Waals surface area contributed by atoms with Crippen LogP contribution in [0.25, 0.3) is 210 Å². The number of pyridine rings is 1. The van der Waals surface area contributed by atoms with Crippen LogP contribution in [0.1, 0.15) is 0 Å². The van der Waals surface area contributed by atoms with Crippen LogP contribution in [0.4, 0.5) is 0 Å². The average Bonchev–Trinajstić information content (AvgIpc) is 1.54. The summed E-state index contributed by atoms with van der Waals surface area (Å²) in [5, 5.41) is 14.0. The van der Waals surface area contributed by atoms with Gasteiger partial charge in [0.1, 0.15) is 0 Å². The molecule has 23 rings (SSSR count). The van der Waals surface area contributed by atoms with E-state index in [0.29, 0.717) is 17.5 Å². The average molecular weight is 1380 g/mol. The van der Waals surface area contributed by atoms with Crippen molar-refractivity contribution in [1.29, 1.82) is 0 Å². The molecule has 0 aliphatic rings. The molecule has 0 aliphatic carbocycles. The van der Waals surface area contributed by atoms with E-state index in [2.05, 4.69) is 349 Å². The number of nitrogens with zero attached hydrogens (tertiary/aromatic N) is 10. The van der Waals surface area contributed by atoms with Crippen molar-refractivity contribution >= 4 is 131 Å². The summed E-state index contributed by atoms with van der Waals surface area (Å²) in [6.07, 6.45) is 2.00. The van der Waals surface area contributed by atoms with E-state index in [9.17, 15) is 0 Å². The Morgan fingerprint density at radius 3 is 0.713 bits per heavy atom. The number of aromatic nitrogens is 10. The van der Waals surface area contributed by atoms with E-state index < -0.39 is 0 Å². The van der Waals surface area contributed by atoms with E-state index in [4.69, 9.17) is 19.9 Å². The lowest BCUT2D eigenvalue weighted by Crippen LogP contribution is -2.08. The van der Waals surface area contributed by atoms with Gasteiger partial charge in [-0.05, 0) is 133 Å². The van der Waals surface area contributed by atoms with Crippen molar-refractivity contribution in [2.24, 2.45) is 0 Å². The monoisotopic (exact) mass is 1380 g/mol. The van der Waals surface area contributed by atoms with Crippen LogP contribution in [0.5, 0.6) is 0 Å². The zero-order valence-corrected chi connectivity index (χ0v) is 58.1. The van der Waals surface area contributed by atoms with Crippen LogP contribution in [-0.2, 0) is 0 Å². The van der Waals surface area contributed by atoms with Crippen molar-refractivity contribution in [1.82, 2.24) is 47.3 Å². The third-order valence-corrected chi connectivity index (χ3v) is 22.3. The molecule has 0 saturated carbocycles. The first-order valence-corrected chi connectivity index (χ1v) is 36.7. The fourth-order valence-corrected chi connectivity index (χ4v) is 17.6. The molecule has 0 fully saturated rings. The maximum atomic E-state index is 5.78. The molecular formula is C98H60N10. The summed E-state index contributed by atoms with van der Waals surface area (Å²) in [5.74, 6) is 2.56. The van der Waals surface area contributed by atoms with Gasteiger partial charge in [0.15, 0.2) is 23.3 Å². The summed E-state index contributed by atoms with van der Waals surface area (Å²) in [5.41, 5.74) is 23.1. The van der Waals surface area contributed by atoms with Gasteiger partial charge in [-0.15, -0.1) is 0 Å². The van der Waals surface area contributed by atoms with Gasteiger partial charge in [0.2, 0.25) is 0 Å². The third-order valence-electron chi connectivity index (χ3n) is 22.3. The Balaban J connectivity index is 0.822. The molecular weight excluding hydrogens is 1320 g/mol. The summed E-state index contributed by atoms with van der Waals surface area (Å²) in [6.45, 7) is 0. The van der Waals surface area contributed by atoms with Crippen LogP contribution in [0, 0.1) is 0 Å². The van der Waals surface area contributed by atoms with E-state index in [1.807, 2.05) is 42.6 Å². The predicted octanol–water partition coefficient (Wildman–Crippen LogP) is 24.5. The molecule has 0 N–H and O–H groups in total. The minimum atomic E-state index is 0.580. The van der Waals surface area contributed by atoms with Gasteiger partial charge in [-0.3, -0.25) is 4.57 Å². The summed E-state index contributed by atoms with van der Waals surface area (Å²) < 4.78 is 14.7. The molecule has 0 amide bonds. The van der Waals surface area contributed by atoms with Crippen LogP contribution in [-0.4, -0.2) is 47.3 Å². The van der Waals surface area contributed by atoms with E-state index in [0.717, 1.165) is 150 Å². The Kier molecular flexibility index (Phi) is 12.9. The van der Waals surface area contributed by atoms with Gasteiger partial charge in [0.25, 0.3) is 0 Å². The number of fused-ring (bicyclic) bond motifs is 18. The molecule has 108 heavy (non-hydrogen) atoms. The van der Waals surface area contributed by atoms with Gasteiger partial charge >= 0.3 is 0 Å². The van der Waals surface area contributed by atoms with Gasteiger partial charge in [0.05, 0.1) is 71.9 Å². The lowest BCUT2D eigenvalue weighted by Gasteiger charge is -2.20. The van der Waals surface area contributed by atoms with Gasteiger partial charge in [-0.1, -0.05) is 231 Å². The van der Waals surface area contributed by atoms with Gasteiger partial charge < -0.3 is 22.8 Å². The molecule has 8 heterocycles. The highest BCUT2D eigenvalue weighted by Gasteiger charge is 2.28. The number of rotatable bonds is 10. The van der Waals surface area contributed by atoms with Gasteiger partial charge in [-0.25, -0.2) is 19.9 Å².